The van der Waals surface area contributed by atoms with E-state index in [1.807, 2.05) is 19.1 Å². The van der Waals surface area contributed by atoms with Crippen LogP contribution in [0.5, 0.6) is 0 Å². The number of nitrogens with one attached hydrogen (secondary N) is 1. The van der Waals surface area contributed by atoms with Gasteiger partial charge in [0.2, 0.25) is 0 Å². The van der Waals surface area contributed by atoms with E-state index in [2.05, 4.69) is 5.32 Å². The number of hydrogen-bond acceptors (Lipinski definition) is 3. The molecule has 19 heavy (non-hydrogen) atoms. The SMILES string of the molecule is Cc1ccc(Nc2ccc(C#N)cc2)c(C(=O)O)c1. The molecular weight excluding hydrogens is 240 g/mol. The zero-order valence-corrected chi connectivity index (χ0v) is 10.3. The van der Waals surface area contributed by atoms with Crippen LogP contribution in [0.2, 0.25) is 0 Å². The third kappa shape index (κ3) is 2.90. The molecule has 0 aromatic heterocycles. The molecular formula is C15H12N2O2. The number of anilines is 2. The Morgan fingerprint density at radius 2 is 1.89 bits per heavy atom. The molecule has 0 heterocycles. The Hall–Kier alpha value is -2.80. The Kier molecular flexibility index (Phi) is 3.48. The van der Waals surface area contributed by atoms with Crippen molar-refractivity contribution in [3.63, 3.8) is 0 Å². The lowest BCUT2D eigenvalue weighted by Crippen LogP contribution is -2.03. The van der Waals surface area contributed by atoms with Gasteiger partial charge in [-0.1, -0.05) is 11.6 Å². The molecule has 4 nitrogen and oxygen atoms in total. The van der Waals surface area contributed by atoms with Crippen molar-refractivity contribution in [3.8, 4) is 6.07 Å². The molecule has 2 N–H and O–H groups in total. The van der Waals surface area contributed by atoms with Crippen LogP contribution < -0.4 is 5.32 Å². The highest BCUT2D eigenvalue weighted by Gasteiger charge is 2.10. The second-order valence-electron chi connectivity index (χ2n) is 4.17. The Morgan fingerprint density at radius 1 is 1.21 bits per heavy atom. The number of nitriles is 1. The number of carbonyl (C=O) groups is 1. The summed E-state index contributed by atoms with van der Waals surface area (Å²) in [6.07, 6.45) is 0. The van der Waals surface area contributed by atoms with Gasteiger partial charge in [0.05, 0.1) is 22.9 Å². The van der Waals surface area contributed by atoms with Crippen molar-refractivity contribution in [2.75, 3.05) is 5.32 Å². The van der Waals surface area contributed by atoms with E-state index >= 15 is 0 Å². The summed E-state index contributed by atoms with van der Waals surface area (Å²) in [5.41, 5.74) is 2.95. The average molecular weight is 252 g/mol. The van der Waals surface area contributed by atoms with E-state index in [-0.39, 0.29) is 5.56 Å². The molecule has 0 unspecified atom stereocenters. The van der Waals surface area contributed by atoms with E-state index in [1.165, 1.54) is 0 Å². The van der Waals surface area contributed by atoms with Gasteiger partial charge in [0.15, 0.2) is 0 Å². The standard InChI is InChI=1S/C15H12N2O2/c1-10-2-7-14(13(8-10)15(18)19)17-12-5-3-11(9-16)4-6-12/h2-8,17H,1H3,(H,18,19). The predicted molar refractivity (Wildman–Crippen MR) is 72.6 cm³/mol. The molecule has 0 radical (unpaired) electrons. The quantitative estimate of drug-likeness (QED) is 0.878. The van der Waals surface area contributed by atoms with Gasteiger partial charge in [-0.05, 0) is 43.3 Å². The van der Waals surface area contributed by atoms with Crippen LogP contribution in [0.4, 0.5) is 11.4 Å². The highest BCUT2D eigenvalue weighted by Crippen LogP contribution is 2.22. The number of hydrogen-bond donors (Lipinski definition) is 2. The van der Waals surface area contributed by atoms with Crippen molar-refractivity contribution in [2.45, 2.75) is 6.92 Å². The van der Waals surface area contributed by atoms with Crippen molar-refractivity contribution in [1.82, 2.24) is 0 Å². The molecule has 0 saturated carbocycles. The van der Waals surface area contributed by atoms with E-state index in [0.717, 1.165) is 11.3 Å². The molecule has 2 aromatic rings. The van der Waals surface area contributed by atoms with Gasteiger partial charge in [-0.15, -0.1) is 0 Å². The monoisotopic (exact) mass is 252 g/mol. The molecule has 0 aliphatic heterocycles. The zero-order chi connectivity index (χ0) is 13.8. The second kappa shape index (κ2) is 5.23. The summed E-state index contributed by atoms with van der Waals surface area (Å²) in [6.45, 7) is 1.85. The maximum atomic E-state index is 11.2. The molecule has 0 atom stereocenters. The van der Waals surface area contributed by atoms with Gasteiger partial charge in [0.1, 0.15) is 0 Å². The molecule has 0 bridgehead atoms. The van der Waals surface area contributed by atoms with Crippen LogP contribution in [-0.2, 0) is 0 Å². The molecule has 4 heteroatoms. The first-order chi connectivity index (χ1) is 9.10. The molecule has 0 amide bonds. The lowest BCUT2D eigenvalue weighted by atomic mass is 10.1. The summed E-state index contributed by atoms with van der Waals surface area (Å²) >= 11 is 0. The lowest BCUT2D eigenvalue weighted by Gasteiger charge is -2.10. The number of aromatic carboxylic acids is 1. The van der Waals surface area contributed by atoms with Gasteiger partial charge in [0, 0.05) is 5.69 Å². The summed E-state index contributed by atoms with van der Waals surface area (Å²) < 4.78 is 0. The maximum absolute atomic E-state index is 11.2. The second-order valence-corrected chi connectivity index (χ2v) is 4.17. The summed E-state index contributed by atoms with van der Waals surface area (Å²) in [7, 11) is 0. The van der Waals surface area contributed by atoms with Crippen molar-refractivity contribution >= 4 is 17.3 Å². The summed E-state index contributed by atoms with van der Waals surface area (Å²) in [4.78, 5) is 11.2. The van der Waals surface area contributed by atoms with Gasteiger partial charge in [-0.25, -0.2) is 4.79 Å². The number of rotatable bonds is 3. The van der Waals surface area contributed by atoms with E-state index in [1.54, 1.807) is 36.4 Å². The summed E-state index contributed by atoms with van der Waals surface area (Å²) in [6, 6.07) is 14.1. The van der Waals surface area contributed by atoms with Gasteiger partial charge in [-0.2, -0.15) is 5.26 Å². The number of benzene rings is 2. The van der Waals surface area contributed by atoms with Crippen molar-refractivity contribution in [1.29, 1.82) is 5.26 Å². The Labute approximate surface area is 110 Å². The normalized spacial score (nSPS) is 9.68. The van der Waals surface area contributed by atoms with Crippen molar-refractivity contribution < 1.29 is 9.90 Å². The lowest BCUT2D eigenvalue weighted by molar-refractivity contribution is 0.0698. The minimum atomic E-state index is -0.972. The third-order valence-corrected chi connectivity index (χ3v) is 2.70. The molecule has 0 fully saturated rings. The molecule has 94 valence electrons. The zero-order valence-electron chi connectivity index (χ0n) is 10.3. The van der Waals surface area contributed by atoms with Gasteiger partial charge in [-0.3, -0.25) is 0 Å². The average Bonchev–Trinajstić information content (AvgIpc) is 2.41. The van der Waals surface area contributed by atoms with Gasteiger partial charge in [0.25, 0.3) is 0 Å². The van der Waals surface area contributed by atoms with Crippen molar-refractivity contribution in [3.05, 3.63) is 59.2 Å². The maximum Gasteiger partial charge on any atom is 0.337 e. The first-order valence-electron chi connectivity index (χ1n) is 5.71. The number of carboxylic acids is 1. The Bertz CT molecular complexity index is 655. The third-order valence-electron chi connectivity index (χ3n) is 2.70. The van der Waals surface area contributed by atoms with Gasteiger partial charge < -0.3 is 10.4 Å². The van der Waals surface area contributed by atoms with E-state index in [0.29, 0.717) is 11.3 Å². The highest BCUT2D eigenvalue weighted by atomic mass is 16.4. The number of carboxylic acid groups (broad SMARTS) is 1. The highest BCUT2D eigenvalue weighted by molar-refractivity contribution is 5.95. The van der Waals surface area contributed by atoms with Crippen LogP contribution in [0.15, 0.2) is 42.5 Å². The fourth-order valence-electron chi connectivity index (χ4n) is 1.73. The first-order valence-corrected chi connectivity index (χ1v) is 5.71. The molecule has 0 spiro atoms. The van der Waals surface area contributed by atoms with E-state index in [9.17, 15) is 4.79 Å². The summed E-state index contributed by atoms with van der Waals surface area (Å²) in [5, 5.41) is 20.9. The fourth-order valence-corrected chi connectivity index (χ4v) is 1.73. The van der Waals surface area contributed by atoms with E-state index < -0.39 is 5.97 Å². The molecule has 0 saturated heterocycles. The summed E-state index contributed by atoms with van der Waals surface area (Å²) in [5.74, 6) is -0.972. The van der Waals surface area contributed by atoms with Crippen LogP contribution in [0.25, 0.3) is 0 Å². The fraction of sp³-hybridized carbons (Fsp3) is 0.0667. The number of nitrogens with zero attached hydrogens (tertiary/aromatic N) is 1. The van der Waals surface area contributed by atoms with Crippen LogP contribution in [0, 0.1) is 18.3 Å². The number of aryl methyl sites for hydroxylation is 1. The van der Waals surface area contributed by atoms with Crippen LogP contribution >= 0.6 is 0 Å². The molecule has 2 aromatic carbocycles. The Balaban J connectivity index is 2.32. The molecule has 2 rings (SSSR count). The minimum absolute atomic E-state index is 0.226. The first kappa shape index (κ1) is 12.7. The van der Waals surface area contributed by atoms with Crippen LogP contribution in [0.3, 0.4) is 0 Å². The minimum Gasteiger partial charge on any atom is -0.478 e. The smallest absolute Gasteiger partial charge is 0.337 e. The van der Waals surface area contributed by atoms with Crippen LogP contribution in [0.1, 0.15) is 21.5 Å². The predicted octanol–water partition coefficient (Wildman–Crippen LogP) is 3.31. The van der Waals surface area contributed by atoms with Gasteiger partial charge >= 0.3 is 5.97 Å². The largest absolute Gasteiger partial charge is 0.478 e. The topological polar surface area (TPSA) is 73.1 Å². The van der Waals surface area contributed by atoms with E-state index in [4.69, 9.17) is 10.4 Å². The van der Waals surface area contributed by atoms with Crippen molar-refractivity contribution in [2.24, 2.45) is 0 Å². The molecule has 0 aliphatic carbocycles. The Morgan fingerprint density at radius 3 is 2.47 bits per heavy atom. The van der Waals surface area contributed by atoms with Crippen LogP contribution in [-0.4, -0.2) is 11.1 Å². The molecule has 0 aliphatic rings.